The number of ether oxygens (including phenoxy) is 1. The van der Waals surface area contributed by atoms with Gasteiger partial charge in [0.1, 0.15) is 0 Å². The van der Waals surface area contributed by atoms with Crippen molar-refractivity contribution in [2.75, 3.05) is 18.2 Å². The van der Waals surface area contributed by atoms with Crippen molar-refractivity contribution in [3.63, 3.8) is 0 Å². The van der Waals surface area contributed by atoms with Gasteiger partial charge in [-0.05, 0) is 48.9 Å². The van der Waals surface area contributed by atoms with E-state index in [2.05, 4.69) is 5.32 Å². The summed E-state index contributed by atoms with van der Waals surface area (Å²) in [6, 6.07) is 12.3. The molecule has 1 N–H and O–H groups in total. The lowest BCUT2D eigenvalue weighted by molar-refractivity contribution is -0.119. The van der Waals surface area contributed by atoms with Crippen LogP contribution in [0, 0.1) is 0 Å². The highest BCUT2D eigenvalue weighted by molar-refractivity contribution is 7.89. The highest BCUT2D eigenvalue weighted by atomic mass is 32.2. The second kappa shape index (κ2) is 8.59. The Bertz CT molecular complexity index is 964. The third-order valence-electron chi connectivity index (χ3n) is 3.50. The van der Waals surface area contributed by atoms with Gasteiger partial charge in [-0.1, -0.05) is 12.1 Å². The standard InChI is InChI=1S/C19H19NO6S/c1-13(21)15-6-8-17(9-7-15)20-18(22)11-26-19(23)16-5-3-4-14(10-16)12-27(2,24)25/h3-10H,11-12H2,1-2H3,(H,20,22). The lowest BCUT2D eigenvalue weighted by Crippen LogP contribution is -2.21. The maximum atomic E-state index is 12.0. The van der Waals surface area contributed by atoms with Crippen LogP contribution in [-0.4, -0.2) is 38.9 Å². The number of benzene rings is 2. The van der Waals surface area contributed by atoms with Gasteiger partial charge in [0.2, 0.25) is 0 Å². The van der Waals surface area contributed by atoms with Crippen LogP contribution >= 0.6 is 0 Å². The van der Waals surface area contributed by atoms with E-state index in [1.807, 2.05) is 0 Å². The number of nitrogens with one attached hydrogen (secondary N) is 1. The van der Waals surface area contributed by atoms with Crippen LogP contribution in [0.1, 0.15) is 33.2 Å². The Morgan fingerprint density at radius 1 is 1.00 bits per heavy atom. The van der Waals surface area contributed by atoms with Crippen molar-refractivity contribution in [1.29, 1.82) is 0 Å². The van der Waals surface area contributed by atoms with Crippen LogP contribution in [0.3, 0.4) is 0 Å². The van der Waals surface area contributed by atoms with E-state index in [0.717, 1.165) is 6.26 Å². The fourth-order valence-corrected chi connectivity index (χ4v) is 3.08. The fraction of sp³-hybridized carbons (Fsp3) is 0.211. The molecule has 2 rings (SSSR count). The molecular weight excluding hydrogens is 370 g/mol. The first kappa shape index (κ1) is 20.3. The Hall–Kier alpha value is -3.00. The van der Waals surface area contributed by atoms with E-state index in [1.165, 1.54) is 19.1 Å². The normalized spacial score (nSPS) is 10.9. The molecule has 0 radical (unpaired) electrons. The number of sulfone groups is 1. The van der Waals surface area contributed by atoms with Crippen molar-refractivity contribution in [3.8, 4) is 0 Å². The van der Waals surface area contributed by atoms with Crippen LogP contribution in [0.4, 0.5) is 5.69 Å². The van der Waals surface area contributed by atoms with E-state index in [1.54, 1.807) is 36.4 Å². The van der Waals surface area contributed by atoms with Crippen molar-refractivity contribution < 1.29 is 27.5 Å². The third kappa shape index (κ3) is 6.67. The van der Waals surface area contributed by atoms with Crippen LogP contribution in [0.5, 0.6) is 0 Å². The third-order valence-corrected chi connectivity index (χ3v) is 4.36. The number of amides is 1. The Morgan fingerprint density at radius 3 is 2.26 bits per heavy atom. The summed E-state index contributed by atoms with van der Waals surface area (Å²) in [7, 11) is -3.23. The minimum atomic E-state index is -3.23. The van der Waals surface area contributed by atoms with E-state index >= 15 is 0 Å². The topological polar surface area (TPSA) is 107 Å². The van der Waals surface area contributed by atoms with Crippen LogP contribution in [0.2, 0.25) is 0 Å². The van der Waals surface area contributed by atoms with E-state index in [4.69, 9.17) is 4.74 Å². The predicted octanol–water partition coefficient (Wildman–Crippen LogP) is 2.23. The number of hydrogen-bond acceptors (Lipinski definition) is 6. The van der Waals surface area contributed by atoms with Gasteiger partial charge < -0.3 is 10.1 Å². The van der Waals surface area contributed by atoms with Crippen LogP contribution in [0.25, 0.3) is 0 Å². The number of rotatable bonds is 7. The van der Waals surface area contributed by atoms with E-state index in [-0.39, 0.29) is 17.1 Å². The van der Waals surface area contributed by atoms with Gasteiger partial charge in [0.25, 0.3) is 5.91 Å². The van der Waals surface area contributed by atoms with Crippen LogP contribution in [0.15, 0.2) is 48.5 Å². The van der Waals surface area contributed by atoms with E-state index < -0.39 is 28.3 Å². The summed E-state index contributed by atoms with van der Waals surface area (Å²) in [4.78, 5) is 35.2. The number of carbonyl (C=O) groups is 3. The summed E-state index contributed by atoms with van der Waals surface area (Å²) < 4.78 is 27.6. The van der Waals surface area contributed by atoms with Gasteiger partial charge >= 0.3 is 5.97 Å². The Labute approximate surface area is 157 Å². The monoisotopic (exact) mass is 389 g/mol. The summed E-state index contributed by atoms with van der Waals surface area (Å²) >= 11 is 0. The van der Waals surface area contributed by atoms with Crippen molar-refractivity contribution >= 4 is 33.2 Å². The molecule has 0 aliphatic heterocycles. The van der Waals surface area contributed by atoms with Crippen molar-refractivity contribution in [1.82, 2.24) is 0 Å². The second-order valence-electron chi connectivity index (χ2n) is 6.03. The summed E-state index contributed by atoms with van der Waals surface area (Å²) in [5.74, 6) is -1.54. The molecule has 0 saturated carbocycles. The molecule has 7 nitrogen and oxygen atoms in total. The molecule has 0 spiro atoms. The molecule has 0 fully saturated rings. The molecule has 0 unspecified atom stereocenters. The minimum absolute atomic E-state index is 0.0834. The Morgan fingerprint density at radius 2 is 1.67 bits per heavy atom. The average Bonchev–Trinajstić information content (AvgIpc) is 2.59. The molecule has 0 saturated heterocycles. The maximum Gasteiger partial charge on any atom is 0.338 e. The SMILES string of the molecule is CC(=O)c1ccc(NC(=O)COC(=O)c2cccc(CS(C)(=O)=O)c2)cc1. The number of carbonyl (C=O) groups excluding carboxylic acids is 3. The fourth-order valence-electron chi connectivity index (χ4n) is 2.29. The molecule has 1 amide bonds. The predicted molar refractivity (Wildman–Crippen MR) is 100 cm³/mol. The highest BCUT2D eigenvalue weighted by Crippen LogP contribution is 2.11. The molecule has 0 heterocycles. The number of Topliss-reactive ketones (excluding diaryl/α,β-unsaturated/α-hetero) is 1. The number of ketones is 1. The molecule has 2 aromatic carbocycles. The summed E-state index contributed by atoms with van der Waals surface area (Å²) in [5.41, 5.74) is 1.61. The summed E-state index contributed by atoms with van der Waals surface area (Å²) in [6.07, 6.45) is 1.10. The zero-order chi connectivity index (χ0) is 20.0. The van der Waals surface area contributed by atoms with Gasteiger partial charge in [-0.3, -0.25) is 9.59 Å². The zero-order valence-corrected chi connectivity index (χ0v) is 15.7. The molecule has 0 aliphatic rings. The average molecular weight is 389 g/mol. The quantitative estimate of drug-likeness (QED) is 0.575. The molecular formula is C19H19NO6S. The van der Waals surface area contributed by atoms with Crippen molar-refractivity contribution in [3.05, 3.63) is 65.2 Å². The molecule has 0 aromatic heterocycles. The number of hydrogen-bond donors (Lipinski definition) is 1. The largest absolute Gasteiger partial charge is 0.452 e. The molecule has 142 valence electrons. The van der Waals surface area contributed by atoms with Gasteiger partial charge in [0.15, 0.2) is 22.2 Å². The van der Waals surface area contributed by atoms with Gasteiger partial charge in [-0.15, -0.1) is 0 Å². The van der Waals surface area contributed by atoms with Crippen molar-refractivity contribution in [2.24, 2.45) is 0 Å². The maximum absolute atomic E-state index is 12.0. The van der Waals surface area contributed by atoms with Gasteiger partial charge in [-0.2, -0.15) is 0 Å². The van der Waals surface area contributed by atoms with Gasteiger partial charge in [0.05, 0.1) is 11.3 Å². The molecule has 0 bridgehead atoms. The van der Waals surface area contributed by atoms with Gasteiger partial charge in [0, 0.05) is 17.5 Å². The molecule has 8 heteroatoms. The lowest BCUT2D eigenvalue weighted by Gasteiger charge is -2.08. The molecule has 27 heavy (non-hydrogen) atoms. The smallest absolute Gasteiger partial charge is 0.338 e. The second-order valence-corrected chi connectivity index (χ2v) is 8.17. The molecule has 0 atom stereocenters. The minimum Gasteiger partial charge on any atom is -0.452 e. The summed E-state index contributed by atoms with van der Waals surface area (Å²) in [5, 5.41) is 2.55. The highest BCUT2D eigenvalue weighted by Gasteiger charge is 2.13. The van der Waals surface area contributed by atoms with E-state index in [0.29, 0.717) is 16.8 Å². The Kier molecular flexibility index (Phi) is 6.46. The van der Waals surface area contributed by atoms with E-state index in [9.17, 15) is 22.8 Å². The molecule has 2 aromatic rings. The van der Waals surface area contributed by atoms with Crippen LogP contribution in [-0.2, 0) is 25.1 Å². The first-order valence-electron chi connectivity index (χ1n) is 7.99. The molecule has 0 aliphatic carbocycles. The Balaban J connectivity index is 1.92. The first-order chi connectivity index (χ1) is 12.6. The number of esters is 1. The number of anilines is 1. The van der Waals surface area contributed by atoms with Crippen molar-refractivity contribution in [2.45, 2.75) is 12.7 Å². The zero-order valence-electron chi connectivity index (χ0n) is 14.9. The first-order valence-corrected chi connectivity index (χ1v) is 10.0. The summed E-state index contributed by atoms with van der Waals surface area (Å²) in [6.45, 7) is 0.946. The van der Waals surface area contributed by atoms with Gasteiger partial charge in [-0.25, -0.2) is 13.2 Å². The van der Waals surface area contributed by atoms with Crippen LogP contribution < -0.4 is 5.32 Å². The lowest BCUT2D eigenvalue weighted by atomic mass is 10.1.